The van der Waals surface area contributed by atoms with Crippen LogP contribution in [-0.4, -0.2) is 46.3 Å². The van der Waals surface area contributed by atoms with Crippen LogP contribution in [0.1, 0.15) is 44.4 Å². The third-order valence-corrected chi connectivity index (χ3v) is 7.13. The van der Waals surface area contributed by atoms with Gasteiger partial charge in [-0.25, -0.2) is 4.79 Å². The van der Waals surface area contributed by atoms with Crippen molar-refractivity contribution in [1.29, 1.82) is 0 Å². The van der Waals surface area contributed by atoms with E-state index in [0.717, 1.165) is 22.8 Å². The molecule has 1 aliphatic rings. The van der Waals surface area contributed by atoms with Crippen molar-refractivity contribution in [3.8, 4) is 23.0 Å². The molecule has 1 aliphatic heterocycles. The standard InChI is InChI=1S/C31H32N2O7S/c1-17(2)38-27-15-19(14-26(37-6)29(27)39-18(3)4)13-23-28(20-7-12-24-25(16-20)33-41-32-24)30(34)40-31(23,35)21-8-10-22(36-5)11-9-21/h7-12,14-18,35H,13H2,1-6H3. The number of esters is 1. The smallest absolute Gasteiger partial charge is 0.342 e. The summed E-state index contributed by atoms with van der Waals surface area (Å²) in [4.78, 5) is 13.5. The summed E-state index contributed by atoms with van der Waals surface area (Å²) in [5.74, 6) is -0.616. The summed E-state index contributed by atoms with van der Waals surface area (Å²) < 4.78 is 37.5. The Morgan fingerprint density at radius 3 is 2.22 bits per heavy atom. The maximum Gasteiger partial charge on any atom is 0.342 e. The zero-order valence-electron chi connectivity index (χ0n) is 23.8. The van der Waals surface area contributed by atoms with Gasteiger partial charge in [0.1, 0.15) is 16.8 Å². The number of benzene rings is 3. The first-order chi connectivity index (χ1) is 19.6. The second-order valence-electron chi connectivity index (χ2n) is 10.2. The number of carbonyl (C=O) groups is 1. The highest BCUT2D eigenvalue weighted by molar-refractivity contribution is 7.00. The number of hydrogen-bond donors (Lipinski definition) is 1. The molecule has 41 heavy (non-hydrogen) atoms. The van der Waals surface area contributed by atoms with E-state index in [2.05, 4.69) is 8.75 Å². The summed E-state index contributed by atoms with van der Waals surface area (Å²) in [6, 6.07) is 15.8. The lowest BCUT2D eigenvalue weighted by atomic mass is 9.88. The second-order valence-corrected chi connectivity index (χ2v) is 10.7. The number of nitrogens with zero attached hydrogens (tertiary/aromatic N) is 2. The molecule has 0 spiro atoms. The fourth-order valence-corrected chi connectivity index (χ4v) is 5.33. The lowest BCUT2D eigenvalue weighted by Crippen LogP contribution is -2.29. The monoisotopic (exact) mass is 576 g/mol. The first-order valence-corrected chi connectivity index (χ1v) is 14.0. The first-order valence-electron chi connectivity index (χ1n) is 13.2. The predicted molar refractivity (Wildman–Crippen MR) is 156 cm³/mol. The molecule has 0 amide bonds. The topological polar surface area (TPSA) is 109 Å². The van der Waals surface area contributed by atoms with Crippen LogP contribution in [0, 0.1) is 0 Å². The van der Waals surface area contributed by atoms with Crippen molar-refractivity contribution >= 4 is 34.3 Å². The van der Waals surface area contributed by atoms with E-state index in [0.29, 0.717) is 45.2 Å². The van der Waals surface area contributed by atoms with Crippen LogP contribution >= 0.6 is 11.7 Å². The highest BCUT2D eigenvalue weighted by atomic mass is 32.1. The van der Waals surface area contributed by atoms with Gasteiger partial charge in [-0.1, -0.05) is 6.07 Å². The summed E-state index contributed by atoms with van der Waals surface area (Å²) in [5, 5.41) is 12.1. The molecule has 1 aromatic heterocycles. The molecule has 3 aromatic carbocycles. The zero-order chi connectivity index (χ0) is 29.3. The van der Waals surface area contributed by atoms with E-state index in [1.807, 2.05) is 39.8 Å². The average Bonchev–Trinajstić information content (AvgIpc) is 3.51. The molecule has 0 aliphatic carbocycles. The Labute approximate surface area is 242 Å². The van der Waals surface area contributed by atoms with Gasteiger partial charge in [0, 0.05) is 17.6 Å². The van der Waals surface area contributed by atoms with E-state index >= 15 is 0 Å². The Kier molecular flexibility index (Phi) is 7.88. The van der Waals surface area contributed by atoms with E-state index in [-0.39, 0.29) is 24.2 Å². The molecule has 1 N–H and O–H groups in total. The third-order valence-electron chi connectivity index (χ3n) is 6.58. The molecular weight excluding hydrogens is 544 g/mol. The lowest BCUT2D eigenvalue weighted by Gasteiger charge is -2.26. The highest BCUT2D eigenvalue weighted by Gasteiger charge is 2.48. The molecular formula is C31H32N2O7S. The lowest BCUT2D eigenvalue weighted by molar-refractivity contribution is -0.185. The van der Waals surface area contributed by atoms with Crippen molar-refractivity contribution in [3.05, 3.63) is 76.9 Å². The SMILES string of the molecule is COc1ccc(C2(O)OC(=O)C(c3ccc4nsnc4c3)=C2Cc2cc(OC)c(OC(C)C)c(OC(C)C)c2)cc1. The van der Waals surface area contributed by atoms with Crippen LogP contribution in [0.2, 0.25) is 0 Å². The minimum absolute atomic E-state index is 0.116. The van der Waals surface area contributed by atoms with Crippen molar-refractivity contribution in [2.45, 2.75) is 52.1 Å². The molecule has 0 saturated carbocycles. The van der Waals surface area contributed by atoms with Crippen LogP contribution in [0.3, 0.4) is 0 Å². The molecule has 5 rings (SSSR count). The van der Waals surface area contributed by atoms with E-state index in [4.69, 9.17) is 23.7 Å². The number of aliphatic hydroxyl groups is 1. The summed E-state index contributed by atoms with van der Waals surface area (Å²) in [5.41, 5.74) is 3.67. The van der Waals surface area contributed by atoms with Crippen LogP contribution in [-0.2, 0) is 21.7 Å². The fourth-order valence-electron chi connectivity index (χ4n) is 4.81. The van der Waals surface area contributed by atoms with E-state index in [9.17, 15) is 9.90 Å². The normalized spacial score (nSPS) is 17.0. The summed E-state index contributed by atoms with van der Waals surface area (Å²) in [6.45, 7) is 7.70. The van der Waals surface area contributed by atoms with Crippen molar-refractivity contribution in [1.82, 2.24) is 8.75 Å². The first kappa shape index (κ1) is 28.4. The molecule has 0 bridgehead atoms. The third kappa shape index (κ3) is 5.57. The predicted octanol–water partition coefficient (Wildman–Crippen LogP) is 5.68. The summed E-state index contributed by atoms with van der Waals surface area (Å²) >= 11 is 1.09. The van der Waals surface area contributed by atoms with Gasteiger partial charge in [-0.3, -0.25) is 0 Å². The van der Waals surface area contributed by atoms with E-state index < -0.39 is 11.8 Å². The quantitative estimate of drug-likeness (QED) is 0.238. The van der Waals surface area contributed by atoms with Gasteiger partial charge in [0.15, 0.2) is 11.5 Å². The number of cyclic esters (lactones) is 1. The van der Waals surface area contributed by atoms with Crippen molar-refractivity contribution in [3.63, 3.8) is 0 Å². The second kappa shape index (κ2) is 11.4. The largest absolute Gasteiger partial charge is 0.497 e. The van der Waals surface area contributed by atoms with E-state index in [1.165, 1.54) is 0 Å². The van der Waals surface area contributed by atoms with Gasteiger partial charge in [0.2, 0.25) is 5.75 Å². The number of ether oxygens (including phenoxy) is 5. The molecule has 9 nitrogen and oxygen atoms in total. The van der Waals surface area contributed by atoms with Crippen LogP contribution in [0.5, 0.6) is 23.0 Å². The number of hydrogen-bond acceptors (Lipinski definition) is 10. The van der Waals surface area contributed by atoms with Gasteiger partial charge in [0.25, 0.3) is 5.79 Å². The van der Waals surface area contributed by atoms with Crippen molar-refractivity contribution in [2.24, 2.45) is 0 Å². The number of methoxy groups -OCH3 is 2. The molecule has 0 fully saturated rings. The minimum atomic E-state index is -2.03. The Bertz CT molecular complexity index is 1610. The van der Waals surface area contributed by atoms with Crippen LogP contribution in [0.15, 0.2) is 60.2 Å². The molecule has 10 heteroatoms. The maximum atomic E-state index is 13.5. The Hall–Kier alpha value is -4.15. The highest BCUT2D eigenvalue weighted by Crippen LogP contribution is 2.47. The number of carbonyl (C=O) groups excluding carboxylic acids is 1. The molecule has 2 heterocycles. The van der Waals surface area contributed by atoms with Crippen LogP contribution in [0.25, 0.3) is 16.6 Å². The maximum absolute atomic E-state index is 13.5. The molecule has 1 atom stereocenters. The van der Waals surface area contributed by atoms with Crippen molar-refractivity contribution in [2.75, 3.05) is 14.2 Å². The number of aromatic nitrogens is 2. The van der Waals surface area contributed by atoms with Gasteiger partial charge < -0.3 is 28.8 Å². The van der Waals surface area contributed by atoms with Crippen LogP contribution in [0.4, 0.5) is 0 Å². The van der Waals surface area contributed by atoms with Gasteiger partial charge >= 0.3 is 5.97 Å². The zero-order valence-corrected chi connectivity index (χ0v) is 24.6. The fraction of sp³-hybridized carbons (Fsp3) is 0.323. The molecule has 0 radical (unpaired) electrons. The Balaban J connectivity index is 1.69. The molecule has 0 saturated heterocycles. The van der Waals surface area contributed by atoms with E-state index in [1.54, 1.807) is 56.7 Å². The Morgan fingerprint density at radius 2 is 1.56 bits per heavy atom. The van der Waals surface area contributed by atoms with Gasteiger partial charge in [0.05, 0.1) is 43.7 Å². The Morgan fingerprint density at radius 1 is 0.878 bits per heavy atom. The van der Waals surface area contributed by atoms with Gasteiger partial charge in [-0.15, -0.1) is 0 Å². The number of fused-ring (bicyclic) bond motifs is 1. The van der Waals surface area contributed by atoms with Crippen molar-refractivity contribution < 1.29 is 33.6 Å². The van der Waals surface area contributed by atoms with Gasteiger partial charge in [-0.05, 0) is 87.4 Å². The minimum Gasteiger partial charge on any atom is -0.497 e. The van der Waals surface area contributed by atoms with Crippen LogP contribution < -0.4 is 18.9 Å². The molecule has 214 valence electrons. The molecule has 4 aromatic rings. The number of rotatable bonds is 10. The summed E-state index contributed by atoms with van der Waals surface area (Å²) in [6.07, 6.45) is -0.107. The van der Waals surface area contributed by atoms with Gasteiger partial charge in [-0.2, -0.15) is 8.75 Å². The average molecular weight is 577 g/mol. The molecule has 1 unspecified atom stereocenters. The summed E-state index contributed by atoms with van der Waals surface area (Å²) in [7, 11) is 3.12.